The minimum atomic E-state index is -2.55. The molecule has 3 rings (SSSR count). The second-order valence-electron chi connectivity index (χ2n) is 10.2. The zero-order valence-electron chi connectivity index (χ0n) is 21.3. The third-order valence-corrected chi connectivity index (χ3v) is 7.26. The lowest BCUT2D eigenvalue weighted by atomic mass is 9.81. The van der Waals surface area contributed by atoms with Crippen LogP contribution < -0.4 is 16.8 Å². The first-order valence-electron chi connectivity index (χ1n) is 12.0. The quantitative estimate of drug-likeness (QED) is 0.242. The number of carbonyl (C=O) groups excluding carboxylic acids is 3. The second kappa shape index (κ2) is 11.0. The molecule has 1 heterocycles. The number of nitrogens with one attached hydrogen (secondary N) is 1. The first kappa shape index (κ1) is 27.7. The van der Waals surface area contributed by atoms with Gasteiger partial charge in [-0.15, -0.1) is 11.8 Å². The first-order valence-corrected chi connectivity index (χ1v) is 13.2. The Bertz CT molecular complexity index is 1110. The number of rotatable bonds is 8. The van der Waals surface area contributed by atoms with Gasteiger partial charge in [0.25, 0.3) is 5.91 Å². The summed E-state index contributed by atoms with van der Waals surface area (Å²) in [6.07, 6.45) is 0.538. The Morgan fingerprint density at radius 1 is 1.14 bits per heavy atom. The maximum Gasteiger partial charge on any atom is 0.271 e. The highest BCUT2D eigenvalue weighted by atomic mass is 32.2. The minimum Gasteiger partial charge on any atom is -0.398 e. The normalized spacial score (nSPS) is 18.4. The standard InChI is InChI=1S/C27H36N4O4S/c1-5-18-19(12-9-13-21(18)28)23(32)20(14-17-10-7-6-8-11-17)27(29,35)25(34)31-16-36-15-22(31)24(33)30-26(2,3)4/h6-13,20,22,35H,5,14-16,28-29H2,1-4H3,(H,30,33)/t20-,22?,27+/m1/s1. The molecule has 0 radical (unpaired) electrons. The number of carbonyl (C=O) groups is 3. The molecule has 0 bridgehead atoms. The number of nitrogens with zero attached hydrogens (tertiary/aromatic N) is 1. The summed E-state index contributed by atoms with van der Waals surface area (Å²) < 4.78 is 0. The van der Waals surface area contributed by atoms with Gasteiger partial charge in [0.2, 0.25) is 11.6 Å². The number of nitrogens with two attached hydrogens (primary N) is 2. The lowest BCUT2D eigenvalue weighted by Gasteiger charge is -2.36. The lowest BCUT2D eigenvalue weighted by Crippen LogP contribution is -2.64. The molecule has 0 saturated carbocycles. The molecule has 2 aromatic carbocycles. The number of benzene rings is 2. The molecular weight excluding hydrogens is 476 g/mol. The smallest absolute Gasteiger partial charge is 0.271 e. The van der Waals surface area contributed by atoms with Gasteiger partial charge in [0, 0.05) is 22.5 Å². The number of hydrogen-bond donors (Lipinski definition) is 4. The summed E-state index contributed by atoms with van der Waals surface area (Å²) in [5, 5.41) is 14.4. The van der Waals surface area contributed by atoms with Crippen molar-refractivity contribution in [1.29, 1.82) is 0 Å². The average Bonchev–Trinajstić information content (AvgIpc) is 3.31. The van der Waals surface area contributed by atoms with Gasteiger partial charge in [0.05, 0.1) is 11.8 Å². The molecule has 1 unspecified atom stereocenters. The zero-order valence-corrected chi connectivity index (χ0v) is 22.1. The molecule has 8 nitrogen and oxygen atoms in total. The van der Waals surface area contributed by atoms with E-state index in [0.717, 1.165) is 5.56 Å². The Kier molecular flexibility index (Phi) is 8.48. The summed E-state index contributed by atoms with van der Waals surface area (Å²) in [4.78, 5) is 41.8. The van der Waals surface area contributed by atoms with Crippen LogP contribution >= 0.6 is 11.8 Å². The van der Waals surface area contributed by atoms with Crippen LogP contribution in [0.5, 0.6) is 0 Å². The Labute approximate surface area is 216 Å². The molecule has 1 aliphatic heterocycles. The van der Waals surface area contributed by atoms with E-state index in [2.05, 4.69) is 5.32 Å². The van der Waals surface area contributed by atoms with Crippen LogP contribution in [0.1, 0.15) is 49.2 Å². The maximum atomic E-state index is 13.9. The Morgan fingerprint density at radius 3 is 2.42 bits per heavy atom. The molecular formula is C27H36N4O4S. The number of nitrogen functional groups attached to an aromatic ring is 1. The predicted octanol–water partition coefficient (Wildman–Crippen LogP) is 2.34. The molecule has 0 aromatic heterocycles. The number of thioether (sulfide) groups is 1. The molecule has 0 spiro atoms. The zero-order chi connectivity index (χ0) is 26.7. The highest BCUT2D eigenvalue weighted by molar-refractivity contribution is 7.99. The van der Waals surface area contributed by atoms with E-state index in [9.17, 15) is 19.5 Å². The van der Waals surface area contributed by atoms with Crippen molar-refractivity contribution < 1.29 is 19.5 Å². The third-order valence-electron chi connectivity index (χ3n) is 6.25. The van der Waals surface area contributed by atoms with Crippen LogP contribution in [0.25, 0.3) is 0 Å². The highest BCUT2D eigenvalue weighted by Gasteiger charge is 2.50. The van der Waals surface area contributed by atoms with E-state index < -0.39 is 34.9 Å². The summed E-state index contributed by atoms with van der Waals surface area (Å²) >= 11 is 1.39. The van der Waals surface area contributed by atoms with Gasteiger partial charge in [-0.2, -0.15) is 0 Å². The van der Waals surface area contributed by atoms with Crippen LogP contribution in [0.3, 0.4) is 0 Å². The fourth-order valence-corrected chi connectivity index (χ4v) is 5.56. The van der Waals surface area contributed by atoms with Gasteiger partial charge < -0.3 is 21.1 Å². The Hall–Kier alpha value is -2.88. The SMILES string of the molecule is CCc1c(N)cccc1C(=O)[C@@H](Cc1ccccc1)[C@](N)(O)C(=O)N1CSCC1C(=O)NC(C)(C)C. The maximum absolute atomic E-state index is 13.9. The number of Topliss-reactive ketones (excluding diaryl/α,β-unsaturated/α-hetero) is 1. The van der Waals surface area contributed by atoms with Crippen LogP contribution in [-0.4, -0.2) is 56.5 Å². The van der Waals surface area contributed by atoms with E-state index in [1.54, 1.807) is 18.2 Å². The number of amides is 2. The second-order valence-corrected chi connectivity index (χ2v) is 11.2. The van der Waals surface area contributed by atoms with Gasteiger partial charge in [-0.25, -0.2) is 0 Å². The molecule has 0 aliphatic carbocycles. The van der Waals surface area contributed by atoms with E-state index in [-0.39, 0.29) is 18.2 Å². The highest BCUT2D eigenvalue weighted by Crippen LogP contribution is 2.31. The molecule has 9 heteroatoms. The molecule has 1 aliphatic rings. The van der Waals surface area contributed by atoms with Crippen LogP contribution in [0.2, 0.25) is 0 Å². The Morgan fingerprint density at radius 2 is 1.81 bits per heavy atom. The van der Waals surface area contributed by atoms with Crippen LogP contribution in [0.4, 0.5) is 5.69 Å². The molecule has 36 heavy (non-hydrogen) atoms. The fourth-order valence-electron chi connectivity index (χ4n) is 4.41. The summed E-state index contributed by atoms with van der Waals surface area (Å²) in [5.41, 5.74) is 11.6. The van der Waals surface area contributed by atoms with Crippen LogP contribution in [-0.2, 0) is 22.4 Å². The number of aliphatic hydroxyl groups is 1. The van der Waals surface area contributed by atoms with Gasteiger partial charge >= 0.3 is 0 Å². The van der Waals surface area contributed by atoms with E-state index in [1.807, 2.05) is 58.0 Å². The molecule has 2 aromatic rings. The average molecular weight is 513 g/mol. The third kappa shape index (κ3) is 6.08. The largest absolute Gasteiger partial charge is 0.398 e. The predicted molar refractivity (Wildman–Crippen MR) is 143 cm³/mol. The van der Waals surface area contributed by atoms with Crippen molar-refractivity contribution in [3.63, 3.8) is 0 Å². The molecule has 6 N–H and O–H groups in total. The van der Waals surface area contributed by atoms with Gasteiger partial charge in [-0.1, -0.05) is 49.4 Å². The van der Waals surface area contributed by atoms with Crippen LogP contribution in [0, 0.1) is 5.92 Å². The lowest BCUT2D eigenvalue weighted by molar-refractivity contribution is -0.158. The van der Waals surface area contributed by atoms with Crippen molar-refractivity contribution in [3.8, 4) is 0 Å². The van der Waals surface area contributed by atoms with Crippen molar-refractivity contribution in [3.05, 3.63) is 65.2 Å². The Balaban J connectivity index is 2.00. The monoisotopic (exact) mass is 512 g/mol. The number of hydrogen-bond acceptors (Lipinski definition) is 7. The van der Waals surface area contributed by atoms with Crippen LogP contribution in [0.15, 0.2) is 48.5 Å². The van der Waals surface area contributed by atoms with Crippen molar-refractivity contribution in [1.82, 2.24) is 10.2 Å². The summed E-state index contributed by atoms with van der Waals surface area (Å²) in [5.74, 6) is -2.38. The van der Waals surface area contributed by atoms with E-state index in [4.69, 9.17) is 11.5 Å². The molecule has 194 valence electrons. The van der Waals surface area contributed by atoms with E-state index >= 15 is 0 Å². The molecule has 1 fully saturated rings. The summed E-state index contributed by atoms with van der Waals surface area (Å²) in [6, 6.07) is 13.3. The molecule has 3 atom stereocenters. The van der Waals surface area contributed by atoms with E-state index in [1.165, 1.54) is 16.7 Å². The van der Waals surface area contributed by atoms with Gasteiger partial charge in [-0.3, -0.25) is 20.1 Å². The summed E-state index contributed by atoms with van der Waals surface area (Å²) in [7, 11) is 0. The van der Waals surface area contributed by atoms with Gasteiger partial charge in [0.15, 0.2) is 5.78 Å². The molecule has 2 amide bonds. The first-order chi connectivity index (χ1) is 16.9. The minimum absolute atomic E-state index is 0.0379. The summed E-state index contributed by atoms with van der Waals surface area (Å²) in [6.45, 7) is 7.44. The van der Waals surface area contributed by atoms with E-state index in [0.29, 0.717) is 29.0 Å². The topological polar surface area (TPSA) is 139 Å². The fraction of sp³-hybridized carbons (Fsp3) is 0.444. The van der Waals surface area contributed by atoms with Gasteiger partial charge in [-0.05, 0) is 50.8 Å². The van der Waals surface area contributed by atoms with Crippen molar-refractivity contribution in [2.45, 2.75) is 57.8 Å². The number of anilines is 1. The molecule has 1 saturated heterocycles. The number of ketones is 1. The van der Waals surface area contributed by atoms with Crippen molar-refractivity contribution >= 4 is 35.0 Å². The van der Waals surface area contributed by atoms with Crippen molar-refractivity contribution in [2.24, 2.45) is 11.7 Å². The van der Waals surface area contributed by atoms with Crippen molar-refractivity contribution in [2.75, 3.05) is 17.4 Å². The van der Waals surface area contributed by atoms with Gasteiger partial charge in [0.1, 0.15) is 6.04 Å².